The van der Waals surface area contributed by atoms with Crippen LogP contribution in [0.2, 0.25) is 0 Å². The third kappa shape index (κ3) is 2.88. The Morgan fingerprint density at radius 3 is 3.00 bits per heavy atom. The molecule has 2 N–H and O–H groups in total. The van der Waals surface area contributed by atoms with E-state index in [0.717, 1.165) is 10.6 Å². The van der Waals surface area contributed by atoms with Crippen LogP contribution in [-0.2, 0) is 9.53 Å². The van der Waals surface area contributed by atoms with Crippen molar-refractivity contribution in [3.8, 4) is 10.6 Å². The Balaban J connectivity index is 1.77. The average Bonchev–Trinajstić information content (AvgIpc) is 3.16. The zero-order chi connectivity index (χ0) is 15.7. The van der Waals surface area contributed by atoms with Gasteiger partial charge in [-0.1, -0.05) is 6.07 Å². The Bertz CT molecular complexity index is 682. The first-order valence-corrected chi connectivity index (χ1v) is 7.69. The number of rotatable bonds is 3. The molecule has 7 nitrogen and oxygen atoms in total. The summed E-state index contributed by atoms with van der Waals surface area (Å²) < 4.78 is 5.31. The maximum atomic E-state index is 12.5. The molecule has 1 unspecified atom stereocenters. The largest absolute Gasteiger partial charge is 0.479 e. The van der Waals surface area contributed by atoms with Gasteiger partial charge in [0.25, 0.3) is 5.91 Å². The van der Waals surface area contributed by atoms with Crippen molar-refractivity contribution in [1.82, 2.24) is 15.1 Å². The maximum absolute atomic E-state index is 12.5. The quantitative estimate of drug-likeness (QED) is 0.892. The number of hydrogen-bond acceptors (Lipinski definition) is 5. The van der Waals surface area contributed by atoms with E-state index in [0.29, 0.717) is 6.54 Å². The molecule has 1 aliphatic rings. The molecular formula is C14H15N3O4S. The van der Waals surface area contributed by atoms with E-state index < -0.39 is 12.1 Å². The summed E-state index contributed by atoms with van der Waals surface area (Å²) in [4.78, 5) is 26.0. The molecule has 2 atom stereocenters. The number of ether oxygens (including phenoxy) is 1. The molecule has 0 aliphatic carbocycles. The lowest BCUT2D eigenvalue weighted by atomic mass is 10.2. The number of carboxylic acid groups (broad SMARTS) is 1. The number of nitrogens with zero attached hydrogens (tertiary/aromatic N) is 2. The van der Waals surface area contributed by atoms with Crippen LogP contribution in [0.5, 0.6) is 0 Å². The smallest absolute Gasteiger partial charge is 0.334 e. The summed E-state index contributed by atoms with van der Waals surface area (Å²) in [5, 5.41) is 17.9. The van der Waals surface area contributed by atoms with Crippen LogP contribution in [0.15, 0.2) is 23.6 Å². The van der Waals surface area contributed by atoms with Gasteiger partial charge in [-0.15, -0.1) is 11.3 Å². The normalized spacial score (nSPS) is 21.8. The first kappa shape index (κ1) is 14.7. The van der Waals surface area contributed by atoms with Crippen molar-refractivity contribution in [2.75, 3.05) is 13.1 Å². The lowest BCUT2D eigenvalue weighted by Crippen LogP contribution is -2.51. The molecule has 0 saturated carbocycles. The van der Waals surface area contributed by atoms with Crippen LogP contribution < -0.4 is 0 Å². The molecule has 2 aromatic heterocycles. The third-order valence-corrected chi connectivity index (χ3v) is 4.31. The predicted octanol–water partition coefficient (Wildman–Crippen LogP) is 1.45. The zero-order valence-corrected chi connectivity index (χ0v) is 12.7. The molecule has 0 aromatic carbocycles. The minimum Gasteiger partial charge on any atom is -0.479 e. The van der Waals surface area contributed by atoms with Crippen LogP contribution in [0.25, 0.3) is 10.6 Å². The van der Waals surface area contributed by atoms with Crippen molar-refractivity contribution < 1.29 is 19.4 Å². The number of thiophene rings is 1. The third-order valence-electron chi connectivity index (χ3n) is 3.41. The number of amides is 1. The number of morpholine rings is 1. The number of aromatic amines is 1. The molecule has 0 bridgehead atoms. The van der Waals surface area contributed by atoms with Gasteiger partial charge in [-0.3, -0.25) is 9.89 Å². The van der Waals surface area contributed by atoms with Crippen LogP contribution in [0.1, 0.15) is 17.4 Å². The molecule has 3 heterocycles. The van der Waals surface area contributed by atoms with Gasteiger partial charge in [0, 0.05) is 6.54 Å². The first-order chi connectivity index (χ1) is 10.5. The van der Waals surface area contributed by atoms with Crippen LogP contribution in [0.4, 0.5) is 0 Å². The Kier molecular flexibility index (Phi) is 3.95. The van der Waals surface area contributed by atoms with Gasteiger partial charge in [0.05, 0.1) is 23.2 Å². The highest BCUT2D eigenvalue weighted by atomic mass is 32.1. The van der Waals surface area contributed by atoms with E-state index in [1.165, 1.54) is 4.90 Å². The highest BCUT2D eigenvalue weighted by molar-refractivity contribution is 7.13. The summed E-state index contributed by atoms with van der Waals surface area (Å²) in [5.41, 5.74) is 1.05. The van der Waals surface area contributed by atoms with E-state index in [1.54, 1.807) is 24.3 Å². The molecule has 1 saturated heterocycles. The van der Waals surface area contributed by atoms with Crippen LogP contribution >= 0.6 is 11.3 Å². The van der Waals surface area contributed by atoms with Crippen molar-refractivity contribution in [1.29, 1.82) is 0 Å². The monoisotopic (exact) mass is 321 g/mol. The lowest BCUT2D eigenvalue weighted by Gasteiger charge is -2.34. The standard InChI is InChI=1S/C14H15N3O4S/c1-8-6-17(7-11(21-8)14(19)20)13(18)10-5-9(15-16-10)12-3-2-4-22-12/h2-5,8,11H,6-7H2,1H3,(H,15,16)(H,19,20)/t8-,11?/m1/s1. The van der Waals surface area contributed by atoms with Crippen LogP contribution in [0, 0.1) is 0 Å². The Morgan fingerprint density at radius 2 is 2.32 bits per heavy atom. The number of H-pyrrole nitrogens is 1. The van der Waals surface area contributed by atoms with Crippen molar-refractivity contribution in [3.05, 3.63) is 29.3 Å². The molecule has 1 aliphatic heterocycles. The fourth-order valence-corrected chi connectivity index (χ4v) is 3.10. The Morgan fingerprint density at radius 1 is 1.50 bits per heavy atom. The van der Waals surface area contributed by atoms with E-state index in [2.05, 4.69) is 10.2 Å². The highest BCUT2D eigenvalue weighted by Crippen LogP contribution is 2.23. The number of carbonyl (C=O) groups excluding carboxylic acids is 1. The molecule has 1 fully saturated rings. The van der Waals surface area contributed by atoms with E-state index in [1.807, 2.05) is 17.5 Å². The maximum Gasteiger partial charge on any atom is 0.334 e. The van der Waals surface area contributed by atoms with Gasteiger partial charge < -0.3 is 14.7 Å². The first-order valence-electron chi connectivity index (χ1n) is 6.81. The second kappa shape index (κ2) is 5.90. The van der Waals surface area contributed by atoms with Crippen LogP contribution in [0.3, 0.4) is 0 Å². The summed E-state index contributed by atoms with van der Waals surface area (Å²) in [6, 6.07) is 5.54. The number of aromatic nitrogens is 2. The summed E-state index contributed by atoms with van der Waals surface area (Å²) in [5.74, 6) is -1.36. The summed E-state index contributed by atoms with van der Waals surface area (Å²) in [7, 11) is 0. The lowest BCUT2D eigenvalue weighted by molar-refractivity contribution is -0.160. The summed E-state index contributed by atoms with van der Waals surface area (Å²) in [6.45, 7) is 2.13. The zero-order valence-electron chi connectivity index (χ0n) is 11.9. The fourth-order valence-electron chi connectivity index (χ4n) is 2.40. The van der Waals surface area contributed by atoms with Gasteiger partial charge in [-0.25, -0.2) is 4.79 Å². The molecule has 0 radical (unpaired) electrons. The SMILES string of the molecule is C[C@@H]1CN(C(=O)c2cc(-c3cccs3)[nH]n2)CC(C(=O)O)O1. The van der Waals surface area contributed by atoms with Gasteiger partial charge in [0.1, 0.15) is 0 Å². The van der Waals surface area contributed by atoms with Crippen molar-refractivity contribution in [2.24, 2.45) is 0 Å². The molecule has 0 spiro atoms. The van der Waals surface area contributed by atoms with E-state index in [-0.39, 0.29) is 24.2 Å². The van der Waals surface area contributed by atoms with Gasteiger partial charge in [0.2, 0.25) is 0 Å². The van der Waals surface area contributed by atoms with Crippen LogP contribution in [-0.4, -0.2) is 57.4 Å². The Labute approximate surface area is 130 Å². The number of hydrogen-bond donors (Lipinski definition) is 2. The molecular weight excluding hydrogens is 306 g/mol. The van der Waals surface area contributed by atoms with Gasteiger partial charge in [-0.2, -0.15) is 5.10 Å². The second-order valence-corrected chi connectivity index (χ2v) is 6.08. The number of aliphatic carboxylic acids is 1. The minimum atomic E-state index is -1.06. The van der Waals surface area contributed by atoms with Gasteiger partial charge in [-0.05, 0) is 24.4 Å². The second-order valence-electron chi connectivity index (χ2n) is 5.13. The van der Waals surface area contributed by atoms with Crippen molar-refractivity contribution in [2.45, 2.75) is 19.1 Å². The van der Waals surface area contributed by atoms with Gasteiger partial charge >= 0.3 is 5.97 Å². The highest BCUT2D eigenvalue weighted by Gasteiger charge is 2.33. The molecule has 3 rings (SSSR count). The van der Waals surface area contributed by atoms with Crippen molar-refractivity contribution in [3.63, 3.8) is 0 Å². The topological polar surface area (TPSA) is 95.5 Å². The summed E-state index contributed by atoms with van der Waals surface area (Å²) in [6.07, 6.45) is -1.32. The van der Waals surface area contributed by atoms with E-state index in [4.69, 9.17) is 9.84 Å². The average molecular weight is 321 g/mol. The Hall–Kier alpha value is -2.19. The van der Waals surface area contributed by atoms with E-state index in [9.17, 15) is 9.59 Å². The molecule has 116 valence electrons. The number of carbonyl (C=O) groups is 2. The number of nitrogens with one attached hydrogen (secondary N) is 1. The summed E-state index contributed by atoms with van der Waals surface area (Å²) >= 11 is 1.55. The van der Waals surface area contributed by atoms with Crippen molar-refractivity contribution >= 4 is 23.2 Å². The van der Waals surface area contributed by atoms with Gasteiger partial charge in [0.15, 0.2) is 11.8 Å². The predicted molar refractivity (Wildman–Crippen MR) is 79.8 cm³/mol. The molecule has 2 aromatic rings. The number of carboxylic acids is 1. The van der Waals surface area contributed by atoms with E-state index >= 15 is 0 Å². The molecule has 22 heavy (non-hydrogen) atoms. The molecule has 8 heteroatoms. The minimum absolute atomic E-state index is 0.0275. The fraction of sp³-hybridized carbons (Fsp3) is 0.357. The molecule has 1 amide bonds.